The largest absolute Gasteiger partial charge is 0.497 e. The van der Waals surface area contributed by atoms with Gasteiger partial charge in [0.1, 0.15) is 11.9 Å². The molecule has 0 saturated heterocycles. The van der Waals surface area contributed by atoms with Gasteiger partial charge < -0.3 is 15.5 Å². The van der Waals surface area contributed by atoms with Crippen LogP contribution in [0.2, 0.25) is 0 Å². The minimum Gasteiger partial charge on any atom is -0.497 e. The molecule has 4 rings (SSSR count). The van der Waals surface area contributed by atoms with Crippen molar-refractivity contribution in [3.05, 3.63) is 95.8 Å². The molecule has 0 fully saturated rings. The van der Waals surface area contributed by atoms with Crippen LogP contribution in [0.5, 0.6) is 5.75 Å². The first-order valence-corrected chi connectivity index (χ1v) is 9.68. The number of alkyl halides is 1. The number of nitrogen functional groups attached to an aromatic ring is 1. The molecule has 2 aromatic carbocycles. The molecule has 0 radical (unpaired) electrons. The van der Waals surface area contributed by atoms with E-state index in [9.17, 15) is 4.39 Å². The second-order valence-corrected chi connectivity index (χ2v) is 7.24. The Morgan fingerprint density at radius 3 is 2.55 bits per heavy atom. The van der Waals surface area contributed by atoms with E-state index in [2.05, 4.69) is 9.97 Å². The normalized spacial score (nSPS) is 19.6. The van der Waals surface area contributed by atoms with E-state index in [-0.39, 0.29) is 11.8 Å². The highest BCUT2D eigenvalue weighted by molar-refractivity contribution is 5.75. The van der Waals surface area contributed by atoms with Crippen LogP contribution in [0.3, 0.4) is 0 Å². The van der Waals surface area contributed by atoms with E-state index in [1.165, 1.54) is 0 Å². The van der Waals surface area contributed by atoms with Gasteiger partial charge in [0.2, 0.25) is 0 Å². The van der Waals surface area contributed by atoms with E-state index in [1.54, 1.807) is 19.4 Å². The first-order chi connectivity index (χ1) is 14.1. The maximum Gasteiger partial charge on any atom is 0.197 e. The molecule has 0 aliphatic heterocycles. The summed E-state index contributed by atoms with van der Waals surface area (Å²) in [5.41, 5.74) is 9.89. The molecule has 1 aromatic heterocycles. The Morgan fingerprint density at radius 2 is 1.90 bits per heavy atom. The topological polar surface area (TPSA) is 63.9 Å². The predicted molar refractivity (Wildman–Crippen MR) is 114 cm³/mol. The Hall–Kier alpha value is -3.34. The molecule has 3 N–H and O–H groups in total. The van der Waals surface area contributed by atoms with E-state index in [1.807, 2.05) is 66.7 Å². The highest BCUT2D eigenvalue weighted by Crippen LogP contribution is 2.37. The summed E-state index contributed by atoms with van der Waals surface area (Å²) in [6, 6.07) is 17.9. The Morgan fingerprint density at radius 1 is 1.14 bits per heavy atom. The lowest BCUT2D eigenvalue weighted by molar-refractivity contribution is 0.300. The van der Waals surface area contributed by atoms with Gasteiger partial charge in [0.25, 0.3) is 0 Å². The Labute approximate surface area is 169 Å². The van der Waals surface area contributed by atoms with Crippen LogP contribution in [0.25, 0.3) is 5.57 Å². The molecule has 148 valence electrons. The van der Waals surface area contributed by atoms with Crippen molar-refractivity contribution in [2.45, 2.75) is 18.5 Å². The molecule has 1 heterocycles. The van der Waals surface area contributed by atoms with Gasteiger partial charge in [-0.05, 0) is 41.3 Å². The monoisotopic (exact) mass is 389 g/mol. The number of benzene rings is 2. The number of nitrogens with zero attached hydrogens (tertiary/aromatic N) is 1. The number of ether oxygens (including phenoxy) is 1. The van der Waals surface area contributed by atoms with Crippen LogP contribution < -0.4 is 10.5 Å². The van der Waals surface area contributed by atoms with E-state index in [4.69, 9.17) is 10.5 Å². The fraction of sp³-hybridized carbons (Fsp3) is 0.208. The molecule has 1 aliphatic rings. The van der Waals surface area contributed by atoms with E-state index in [0.717, 1.165) is 28.1 Å². The van der Waals surface area contributed by atoms with Crippen molar-refractivity contribution in [3.8, 4) is 5.75 Å². The van der Waals surface area contributed by atoms with Crippen LogP contribution in [0.1, 0.15) is 29.2 Å². The average molecular weight is 389 g/mol. The number of methoxy groups -OCH3 is 1. The lowest BCUT2D eigenvalue weighted by Crippen LogP contribution is -2.19. The number of allylic oxidation sites excluding steroid dienone is 4. The number of halogens is 1. The summed E-state index contributed by atoms with van der Waals surface area (Å²) in [5, 5.41) is 0. The Kier molecular flexibility index (Phi) is 5.47. The number of nitrogens with two attached hydrogens (primary N) is 1. The molecule has 29 heavy (non-hydrogen) atoms. The second kappa shape index (κ2) is 8.35. The second-order valence-electron chi connectivity index (χ2n) is 7.24. The van der Waals surface area contributed by atoms with E-state index >= 15 is 0 Å². The van der Waals surface area contributed by atoms with Crippen molar-refractivity contribution in [2.75, 3.05) is 12.8 Å². The smallest absolute Gasteiger partial charge is 0.197 e. The van der Waals surface area contributed by atoms with Gasteiger partial charge in [-0.15, -0.1) is 0 Å². The first-order valence-electron chi connectivity index (χ1n) is 9.68. The lowest BCUT2D eigenvalue weighted by atomic mass is 9.81. The zero-order valence-electron chi connectivity index (χ0n) is 16.3. The number of imidazole rings is 1. The summed E-state index contributed by atoms with van der Waals surface area (Å²) >= 11 is 0. The third-order valence-electron chi connectivity index (χ3n) is 5.39. The van der Waals surface area contributed by atoms with Crippen LogP contribution >= 0.6 is 0 Å². The number of hydrogen-bond acceptors (Lipinski definition) is 3. The first kappa shape index (κ1) is 19.0. The molecule has 3 unspecified atom stereocenters. The van der Waals surface area contributed by atoms with Crippen molar-refractivity contribution < 1.29 is 9.13 Å². The van der Waals surface area contributed by atoms with Crippen molar-refractivity contribution in [1.29, 1.82) is 0 Å². The van der Waals surface area contributed by atoms with E-state index in [0.29, 0.717) is 12.4 Å². The molecular formula is C24H24FN3O. The molecule has 0 spiro atoms. The fourth-order valence-electron chi connectivity index (χ4n) is 3.82. The van der Waals surface area contributed by atoms with Crippen LogP contribution in [0.4, 0.5) is 10.3 Å². The summed E-state index contributed by atoms with van der Waals surface area (Å²) in [4.78, 5) is 7.27. The number of H-pyrrole nitrogens is 1. The number of hydrogen-bond donors (Lipinski definition) is 2. The van der Waals surface area contributed by atoms with Crippen LogP contribution in [-0.2, 0) is 0 Å². The van der Waals surface area contributed by atoms with Crippen LogP contribution in [0.15, 0.2) is 79.0 Å². The van der Waals surface area contributed by atoms with Gasteiger partial charge in [0.05, 0.1) is 13.3 Å². The highest BCUT2D eigenvalue weighted by atomic mass is 19.1. The van der Waals surface area contributed by atoms with Crippen LogP contribution in [0, 0.1) is 5.92 Å². The van der Waals surface area contributed by atoms with Crippen molar-refractivity contribution in [3.63, 3.8) is 0 Å². The maximum atomic E-state index is 14.9. The van der Waals surface area contributed by atoms with Gasteiger partial charge in [0, 0.05) is 17.5 Å². The number of nitrogens with one attached hydrogen (secondary N) is 1. The minimum atomic E-state index is -1.04. The van der Waals surface area contributed by atoms with Gasteiger partial charge in [0.15, 0.2) is 5.95 Å². The molecule has 3 aromatic rings. The van der Waals surface area contributed by atoms with Crippen molar-refractivity contribution >= 4 is 11.5 Å². The zero-order chi connectivity index (χ0) is 20.2. The molecule has 0 bridgehead atoms. The fourth-order valence-corrected chi connectivity index (χ4v) is 3.82. The molecule has 0 amide bonds. The van der Waals surface area contributed by atoms with Gasteiger partial charge >= 0.3 is 0 Å². The molecule has 0 saturated carbocycles. The Balaban J connectivity index is 1.66. The maximum absolute atomic E-state index is 14.9. The minimum absolute atomic E-state index is 0.0614. The molecular weight excluding hydrogens is 365 g/mol. The molecule has 1 aliphatic carbocycles. The summed E-state index contributed by atoms with van der Waals surface area (Å²) in [6.07, 6.45) is 6.85. The summed E-state index contributed by atoms with van der Waals surface area (Å²) in [6.45, 7) is 0. The number of aromatic amines is 1. The number of anilines is 1. The molecule has 5 heteroatoms. The molecule has 3 atom stereocenters. The predicted octanol–water partition coefficient (Wildman–Crippen LogP) is 5.13. The quantitative estimate of drug-likeness (QED) is 0.614. The van der Waals surface area contributed by atoms with Gasteiger partial charge in [-0.1, -0.05) is 54.6 Å². The third kappa shape index (κ3) is 4.24. The number of rotatable bonds is 6. The number of aromatic nitrogens is 2. The summed E-state index contributed by atoms with van der Waals surface area (Å²) in [5.74, 6) is 0.826. The summed E-state index contributed by atoms with van der Waals surface area (Å²) < 4.78 is 20.1. The zero-order valence-corrected chi connectivity index (χ0v) is 16.3. The summed E-state index contributed by atoms with van der Waals surface area (Å²) in [7, 11) is 1.64. The standard InChI is InChI=1S/C24H24FN3O/c1-29-20-10-7-17(8-11-20)21(23-15-27-24(26)28-23)14-19-13-18(9-12-22(19)25)16-5-3-2-4-6-16/h2-13,15,19,21-22H,14H2,1H3,(H3,26,27,28). The van der Waals surface area contributed by atoms with E-state index < -0.39 is 6.17 Å². The van der Waals surface area contributed by atoms with Crippen molar-refractivity contribution in [1.82, 2.24) is 9.97 Å². The molecule has 4 nitrogen and oxygen atoms in total. The third-order valence-corrected chi connectivity index (χ3v) is 5.39. The average Bonchev–Trinajstić information content (AvgIpc) is 3.20. The van der Waals surface area contributed by atoms with Gasteiger partial charge in [-0.2, -0.15) is 0 Å². The van der Waals surface area contributed by atoms with Crippen LogP contribution in [-0.4, -0.2) is 23.2 Å². The highest BCUT2D eigenvalue weighted by Gasteiger charge is 2.27. The van der Waals surface area contributed by atoms with Gasteiger partial charge in [-0.3, -0.25) is 0 Å². The Bertz CT molecular complexity index is 1010. The SMILES string of the molecule is COc1ccc(C(CC2C=C(c3ccccc3)C=CC2F)c2cnc(N)[nH]2)cc1. The van der Waals surface area contributed by atoms with Gasteiger partial charge in [-0.25, -0.2) is 9.37 Å². The lowest BCUT2D eigenvalue weighted by Gasteiger charge is -2.25. The van der Waals surface area contributed by atoms with Crippen molar-refractivity contribution in [2.24, 2.45) is 5.92 Å².